The van der Waals surface area contributed by atoms with Crippen molar-refractivity contribution in [1.82, 2.24) is 4.57 Å². The molecule has 0 bridgehead atoms. The predicted molar refractivity (Wildman–Crippen MR) is 101 cm³/mol. The van der Waals surface area contributed by atoms with Crippen molar-refractivity contribution in [3.63, 3.8) is 0 Å². The lowest BCUT2D eigenvalue weighted by Gasteiger charge is -2.07. The standard InChI is InChI=1S/C19H17N3O6/c1-11(23)20-13-4-6-14(7-5-13)21-17(24)10-22-15-8-3-12(18(25)27-2)9-16(15)28-19(22)26/h3-9H,10H2,1-2H3,(H,20,23)(H,21,24). The first-order valence-corrected chi connectivity index (χ1v) is 8.26. The minimum atomic E-state index is -0.715. The van der Waals surface area contributed by atoms with Gasteiger partial charge in [0.05, 0.1) is 18.2 Å². The number of benzene rings is 2. The van der Waals surface area contributed by atoms with Crippen molar-refractivity contribution >= 4 is 40.3 Å². The van der Waals surface area contributed by atoms with E-state index in [4.69, 9.17) is 4.42 Å². The molecule has 2 amide bonds. The molecule has 2 N–H and O–H groups in total. The maximum Gasteiger partial charge on any atom is 0.420 e. The Bertz CT molecular complexity index is 1110. The van der Waals surface area contributed by atoms with Gasteiger partial charge < -0.3 is 19.8 Å². The van der Waals surface area contributed by atoms with Crippen LogP contribution in [-0.2, 0) is 20.9 Å². The molecule has 28 heavy (non-hydrogen) atoms. The van der Waals surface area contributed by atoms with E-state index >= 15 is 0 Å². The zero-order chi connectivity index (χ0) is 20.3. The van der Waals surface area contributed by atoms with E-state index in [1.807, 2.05) is 0 Å². The van der Waals surface area contributed by atoms with Gasteiger partial charge >= 0.3 is 11.7 Å². The van der Waals surface area contributed by atoms with Crippen LogP contribution < -0.4 is 16.4 Å². The SMILES string of the molecule is COC(=O)c1ccc2c(c1)oc(=O)n2CC(=O)Nc1ccc(NC(C)=O)cc1. The normalized spacial score (nSPS) is 10.5. The third kappa shape index (κ3) is 4.09. The molecule has 0 aliphatic heterocycles. The maximum atomic E-state index is 12.3. The van der Waals surface area contributed by atoms with E-state index in [0.717, 1.165) is 4.57 Å². The Morgan fingerprint density at radius 1 is 1.04 bits per heavy atom. The highest BCUT2D eigenvalue weighted by Crippen LogP contribution is 2.17. The number of ether oxygens (including phenoxy) is 1. The average molecular weight is 383 g/mol. The van der Waals surface area contributed by atoms with Gasteiger partial charge in [0.1, 0.15) is 6.54 Å². The number of oxazole rings is 1. The molecule has 0 atom stereocenters. The first-order valence-electron chi connectivity index (χ1n) is 8.26. The molecular weight excluding hydrogens is 366 g/mol. The molecule has 3 rings (SSSR count). The topological polar surface area (TPSA) is 120 Å². The van der Waals surface area contributed by atoms with Crippen LogP contribution in [0.5, 0.6) is 0 Å². The van der Waals surface area contributed by atoms with E-state index in [0.29, 0.717) is 16.9 Å². The minimum Gasteiger partial charge on any atom is -0.465 e. The number of hydrogen-bond donors (Lipinski definition) is 2. The lowest BCUT2D eigenvalue weighted by molar-refractivity contribution is -0.117. The number of nitrogens with zero attached hydrogens (tertiary/aromatic N) is 1. The number of methoxy groups -OCH3 is 1. The average Bonchev–Trinajstić information content (AvgIpc) is 2.96. The molecule has 0 aliphatic rings. The molecule has 0 unspecified atom stereocenters. The van der Waals surface area contributed by atoms with Crippen LogP contribution in [0, 0.1) is 0 Å². The summed E-state index contributed by atoms with van der Waals surface area (Å²) in [5.74, 6) is -1.90. The van der Waals surface area contributed by atoms with Crippen LogP contribution in [0.3, 0.4) is 0 Å². The molecule has 3 aromatic rings. The second-order valence-electron chi connectivity index (χ2n) is 5.93. The van der Waals surface area contributed by atoms with Gasteiger partial charge in [-0.25, -0.2) is 9.59 Å². The number of fused-ring (bicyclic) bond motifs is 1. The van der Waals surface area contributed by atoms with Crippen molar-refractivity contribution in [1.29, 1.82) is 0 Å². The fraction of sp³-hybridized carbons (Fsp3) is 0.158. The van der Waals surface area contributed by atoms with E-state index < -0.39 is 17.6 Å². The molecule has 0 saturated heterocycles. The van der Waals surface area contributed by atoms with Crippen LogP contribution in [0.1, 0.15) is 17.3 Å². The predicted octanol–water partition coefficient (Wildman–Crippen LogP) is 1.98. The van der Waals surface area contributed by atoms with Crippen LogP contribution in [0.25, 0.3) is 11.1 Å². The molecule has 0 fully saturated rings. The maximum absolute atomic E-state index is 12.3. The number of aromatic nitrogens is 1. The van der Waals surface area contributed by atoms with Crippen molar-refractivity contribution in [2.45, 2.75) is 13.5 Å². The summed E-state index contributed by atoms with van der Waals surface area (Å²) in [6.07, 6.45) is 0. The second kappa shape index (κ2) is 7.78. The lowest BCUT2D eigenvalue weighted by atomic mass is 10.2. The summed E-state index contributed by atoms with van der Waals surface area (Å²) in [6, 6.07) is 10.9. The summed E-state index contributed by atoms with van der Waals surface area (Å²) < 4.78 is 10.9. The highest BCUT2D eigenvalue weighted by atomic mass is 16.5. The molecule has 1 heterocycles. The zero-order valence-corrected chi connectivity index (χ0v) is 15.1. The highest BCUT2D eigenvalue weighted by Gasteiger charge is 2.15. The van der Waals surface area contributed by atoms with E-state index in [2.05, 4.69) is 15.4 Å². The van der Waals surface area contributed by atoms with Gasteiger partial charge in [-0.15, -0.1) is 0 Å². The van der Waals surface area contributed by atoms with Crippen molar-refractivity contribution in [2.24, 2.45) is 0 Å². The Morgan fingerprint density at radius 3 is 2.29 bits per heavy atom. The van der Waals surface area contributed by atoms with Gasteiger partial charge in [-0.1, -0.05) is 0 Å². The summed E-state index contributed by atoms with van der Waals surface area (Å²) in [4.78, 5) is 47.0. The molecular formula is C19H17N3O6. The number of hydrogen-bond acceptors (Lipinski definition) is 6. The number of amides is 2. The molecule has 0 saturated carbocycles. The van der Waals surface area contributed by atoms with Gasteiger partial charge in [-0.3, -0.25) is 14.2 Å². The van der Waals surface area contributed by atoms with Crippen LogP contribution in [0.15, 0.2) is 51.7 Å². The zero-order valence-electron chi connectivity index (χ0n) is 15.1. The molecule has 9 heteroatoms. The Morgan fingerprint density at radius 2 is 1.68 bits per heavy atom. The van der Waals surface area contributed by atoms with E-state index in [1.165, 1.54) is 32.2 Å². The Labute approximate surface area is 158 Å². The lowest BCUT2D eigenvalue weighted by Crippen LogP contribution is -2.24. The first-order chi connectivity index (χ1) is 13.4. The molecule has 2 aromatic carbocycles. The molecule has 9 nitrogen and oxygen atoms in total. The summed E-state index contributed by atoms with van der Waals surface area (Å²) in [5.41, 5.74) is 1.91. The van der Waals surface area contributed by atoms with Crippen molar-refractivity contribution in [3.05, 3.63) is 58.6 Å². The summed E-state index contributed by atoms with van der Waals surface area (Å²) in [5, 5.41) is 5.29. The molecule has 0 spiro atoms. The van der Waals surface area contributed by atoms with Gasteiger partial charge in [-0.2, -0.15) is 0 Å². The van der Waals surface area contributed by atoms with Crippen LogP contribution in [0.4, 0.5) is 11.4 Å². The quantitative estimate of drug-likeness (QED) is 0.650. The summed E-state index contributed by atoms with van der Waals surface area (Å²) in [7, 11) is 1.25. The fourth-order valence-electron chi connectivity index (χ4n) is 2.65. The highest BCUT2D eigenvalue weighted by molar-refractivity contribution is 5.94. The van der Waals surface area contributed by atoms with Crippen molar-refractivity contribution in [2.75, 3.05) is 17.7 Å². The number of carbonyl (C=O) groups is 3. The van der Waals surface area contributed by atoms with E-state index in [9.17, 15) is 19.2 Å². The number of nitrogens with one attached hydrogen (secondary N) is 2. The fourth-order valence-corrected chi connectivity index (χ4v) is 2.65. The van der Waals surface area contributed by atoms with Gasteiger partial charge in [0.2, 0.25) is 11.8 Å². The second-order valence-corrected chi connectivity index (χ2v) is 5.93. The summed E-state index contributed by atoms with van der Waals surface area (Å²) in [6.45, 7) is 1.13. The molecule has 0 aliphatic carbocycles. The summed E-state index contributed by atoms with van der Waals surface area (Å²) >= 11 is 0. The van der Waals surface area contributed by atoms with Gasteiger partial charge in [0.25, 0.3) is 0 Å². The van der Waals surface area contributed by atoms with Gasteiger partial charge in [0, 0.05) is 18.3 Å². The van der Waals surface area contributed by atoms with Crippen molar-refractivity contribution in [3.8, 4) is 0 Å². The van der Waals surface area contributed by atoms with Gasteiger partial charge in [0.15, 0.2) is 5.58 Å². The van der Waals surface area contributed by atoms with E-state index in [-0.39, 0.29) is 23.6 Å². The molecule has 144 valence electrons. The number of rotatable bonds is 5. The van der Waals surface area contributed by atoms with Crippen LogP contribution >= 0.6 is 0 Å². The van der Waals surface area contributed by atoms with E-state index in [1.54, 1.807) is 24.3 Å². The number of carbonyl (C=O) groups excluding carboxylic acids is 3. The van der Waals surface area contributed by atoms with Crippen molar-refractivity contribution < 1.29 is 23.5 Å². The number of esters is 1. The van der Waals surface area contributed by atoms with Gasteiger partial charge in [-0.05, 0) is 42.5 Å². The first kappa shape index (κ1) is 18.9. The van der Waals surface area contributed by atoms with Crippen LogP contribution in [0.2, 0.25) is 0 Å². The Hall–Kier alpha value is -3.88. The Kier molecular flexibility index (Phi) is 5.25. The largest absolute Gasteiger partial charge is 0.465 e. The van der Waals surface area contributed by atoms with Crippen LogP contribution in [-0.4, -0.2) is 29.5 Å². The number of anilines is 2. The minimum absolute atomic E-state index is 0.181. The third-order valence-corrected chi connectivity index (χ3v) is 3.88. The third-order valence-electron chi connectivity index (χ3n) is 3.88. The monoisotopic (exact) mass is 383 g/mol. The molecule has 0 radical (unpaired) electrons. The molecule has 1 aromatic heterocycles. The smallest absolute Gasteiger partial charge is 0.420 e. The Balaban J connectivity index is 1.75.